The quantitative estimate of drug-likeness (QED) is 0.583. The highest BCUT2D eigenvalue weighted by Gasteiger charge is 2.46. The van der Waals surface area contributed by atoms with Crippen molar-refractivity contribution in [3.05, 3.63) is 29.6 Å². The van der Waals surface area contributed by atoms with E-state index in [0.717, 1.165) is 35.3 Å². The number of para-hydroxylation sites is 1. The maximum Gasteiger partial charge on any atom is 0.235 e. The minimum Gasteiger partial charge on any atom is -0.331 e. The third kappa shape index (κ3) is 1.34. The molecule has 0 N–H and O–H groups in total. The van der Waals surface area contributed by atoms with E-state index in [1.54, 1.807) is 6.08 Å². The van der Waals surface area contributed by atoms with Gasteiger partial charge in [-0.3, -0.25) is 0 Å². The molecular weight excluding hydrogens is 214 g/mol. The fourth-order valence-electron chi connectivity index (χ4n) is 2.41. The predicted molar refractivity (Wildman–Crippen MR) is 64.5 cm³/mol. The van der Waals surface area contributed by atoms with E-state index in [1.807, 2.05) is 32.2 Å². The second kappa shape index (κ2) is 3.28. The summed E-state index contributed by atoms with van der Waals surface area (Å²) in [5.74, 6) is 0.971. The molecule has 0 unspecified atom stereocenters. The number of fused-ring (bicyclic) bond motifs is 1. The molecule has 1 saturated carbocycles. The molecule has 0 aliphatic heterocycles. The first kappa shape index (κ1) is 10.2. The van der Waals surface area contributed by atoms with Crippen molar-refractivity contribution in [3.8, 4) is 0 Å². The molecule has 0 radical (unpaired) electrons. The van der Waals surface area contributed by atoms with Crippen LogP contribution >= 0.6 is 0 Å². The molecule has 86 valence electrons. The van der Waals surface area contributed by atoms with E-state index in [1.165, 1.54) is 0 Å². The first-order valence-electron chi connectivity index (χ1n) is 5.69. The number of aliphatic imine (C=N–C) groups is 1. The average Bonchev–Trinajstić information content (AvgIpc) is 3.03. The summed E-state index contributed by atoms with van der Waals surface area (Å²) in [5, 5.41) is 0. The Bertz CT molecular complexity index is 646. The fraction of sp³-hybridized carbons (Fsp3) is 0.385. The van der Waals surface area contributed by atoms with Crippen molar-refractivity contribution in [1.82, 2.24) is 9.55 Å². The van der Waals surface area contributed by atoms with Gasteiger partial charge in [0.2, 0.25) is 6.08 Å². The van der Waals surface area contributed by atoms with Gasteiger partial charge in [-0.05, 0) is 25.8 Å². The number of carbonyl (C=O) groups excluding carboxylic acids is 1. The van der Waals surface area contributed by atoms with E-state index in [-0.39, 0.29) is 5.54 Å². The summed E-state index contributed by atoms with van der Waals surface area (Å²) in [5.41, 5.74) is 2.82. The van der Waals surface area contributed by atoms with Crippen LogP contribution in [0.15, 0.2) is 23.2 Å². The van der Waals surface area contributed by atoms with E-state index in [9.17, 15) is 4.79 Å². The van der Waals surface area contributed by atoms with Gasteiger partial charge in [0.1, 0.15) is 11.4 Å². The van der Waals surface area contributed by atoms with Crippen LogP contribution in [-0.4, -0.2) is 15.6 Å². The highest BCUT2D eigenvalue weighted by molar-refractivity contribution is 5.81. The van der Waals surface area contributed by atoms with Gasteiger partial charge in [-0.1, -0.05) is 12.1 Å². The number of rotatable bonds is 2. The van der Waals surface area contributed by atoms with Gasteiger partial charge in [-0.2, -0.15) is 4.99 Å². The van der Waals surface area contributed by atoms with Crippen molar-refractivity contribution in [1.29, 1.82) is 0 Å². The number of nitrogens with zero attached hydrogens (tertiary/aromatic N) is 3. The molecule has 0 atom stereocenters. The number of imidazole rings is 1. The SMILES string of the molecule is Cc1nc2cccc(C3(N=C=O)CC3)c2n1C. The molecule has 4 heteroatoms. The third-order valence-corrected chi connectivity index (χ3v) is 3.60. The van der Waals surface area contributed by atoms with Crippen LogP contribution in [-0.2, 0) is 17.4 Å². The van der Waals surface area contributed by atoms with Crippen molar-refractivity contribution in [2.75, 3.05) is 0 Å². The number of hydrogen-bond donors (Lipinski definition) is 0. The Kier molecular flexibility index (Phi) is 1.98. The van der Waals surface area contributed by atoms with Gasteiger partial charge in [-0.25, -0.2) is 9.78 Å². The lowest BCUT2D eigenvalue weighted by atomic mass is 10.0. The Morgan fingerprint density at radius 1 is 1.47 bits per heavy atom. The van der Waals surface area contributed by atoms with Gasteiger partial charge in [0.25, 0.3) is 0 Å². The maximum atomic E-state index is 10.5. The minimum atomic E-state index is -0.332. The molecule has 17 heavy (non-hydrogen) atoms. The maximum absolute atomic E-state index is 10.5. The van der Waals surface area contributed by atoms with Crippen molar-refractivity contribution in [2.45, 2.75) is 25.3 Å². The lowest BCUT2D eigenvalue weighted by molar-refractivity contribution is 0.556. The number of hydrogen-bond acceptors (Lipinski definition) is 3. The number of aromatic nitrogens is 2. The van der Waals surface area contributed by atoms with E-state index in [4.69, 9.17) is 0 Å². The van der Waals surface area contributed by atoms with E-state index in [2.05, 4.69) is 14.5 Å². The van der Waals surface area contributed by atoms with Crippen LogP contribution < -0.4 is 0 Å². The number of isocyanates is 1. The normalized spacial score (nSPS) is 16.8. The van der Waals surface area contributed by atoms with Crippen molar-refractivity contribution in [3.63, 3.8) is 0 Å². The van der Waals surface area contributed by atoms with Crippen molar-refractivity contribution < 1.29 is 4.79 Å². The number of benzene rings is 1. The molecule has 3 rings (SSSR count). The molecule has 1 aromatic heterocycles. The molecule has 1 fully saturated rings. The topological polar surface area (TPSA) is 47.2 Å². The van der Waals surface area contributed by atoms with E-state index < -0.39 is 0 Å². The van der Waals surface area contributed by atoms with Crippen LogP contribution in [0, 0.1) is 6.92 Å². The van der Waals surface area contributed by atoms with Crippen LogP contribution in [0.1, 0.15) is 24.2 Å². The summed E-state index contributed by atoms with van der Waals surface area (Å²) < 4.78 is 2.06. The van der Waals surface area contributed by atoms with Gasteiger partial charge in [0.15, 0.2) is 0 Å². The summed E-state index contributed by atoms with van der Waals surface area (Å²) in [4.78, 5) is 19.0. The molecule has 0 amide bonds. The summed E-state index contributed by atoms with van der Waals surface area (Å²) in [6, 6.07) is 6.01. The van der Waals surface area contributed by atoms with Gasteiger partial charge >= 0.3 is 0 Å². The second-order valence-corrected chi connectivity index (χ2v) is 4.63. The Balaban J connectivity index is 2.34. The molecule has 4 nitrogen and oxygen atoms in total. The molecular formula is C13H13N3O. The predicted octanol–water partition coefficient (Wildman–Crippen LogP) is 2.21. The summed E-state index contributed by atoms with van der Waals surface area (Å²) in [6.07, 6.45) is 3.55. The summed E-state index contributed by atoms with van der Waals surface area (Å²) in [7, 11) is 1.99. The largest absolute Gasteiger partial charge is 0.331 e. The third-order valence-electron chi connectivity index (χ3n) is 3.60. The van der Waals surface area contributed by atoms with Gasteiger partial charge in [-0.15, -0.1) is 0 Å². The van der Waals surface area contributed by atoms with E-state index >= 15 is 0 Å². The van der Waals surface area contributed by atoms with Crippen LogP contribution in [0.2, 0.25) is 0 Å². The van der Waals surface area contributed by atoms with Crippen molar-refractivity contribution >= 4 is 17.1 Å². The Labute approximate surface area is 99.0 Å². The molecule has 1 aromatic carbocycles. The van der Waals surface area contributed by atoms with E-state index in [0.29, 0.717) is 0 Å². The zero-order valence-electron chi connectivity index (χ0n) is 9.90. The van der Waals surface area contributed by atoms with Crippen molar-refractivity contribution in [2.24, 2.45) is 12.0 Å². The summed E-state index contributed by atoms with van der Waals surface area (Å²) in [6.45, 7) is 1.98. The minimum absolute atomic E-state index is 0.332. The standard InChI is InChI=1S/C13H13N3O/c1-9-15-11-5-3-4-10(12(11)16(9)2)13(6-7-13)14-8-17/h3-5H,6-7H2,1-2H3. The lowest BCUT2D eigenvalue weighted by Gasteiger charge is -2.11. The smallest absolute Gasteiger partial charge is 0.235 e. The van der Waals surface area contributed by atoms with Gasteiger partial charge < -0.3 is 4.57 Å². The Morgan fingerprint density at radius 3 is 2.88 bits per heavy atom. The Morgan fingerprint density at radius 2 is 2.24 bits per heavy atom. The molecule has 1 aliphatic carbocycles. The van der Waals surface area contributed by atoms with Gasteiger partial charge in [0.05, 0.1) is 11.0 Å². The first-order chi connectivity index (χ1) is 8.18. The van der Waals surface area contributed by atoms with Crippen LogP contribution in [0.5, 0.6) is 0 Å². The van der Waals surface area contributed by atoms with Crippen LogP contribution in [0.4, 0.5) is 0 Å². The summed E-state index contributed by atoms with van der Waals surface area (Å²) >= 11 is 0. The van der Waals surface area contributed by atoms with Crippen LogP contribution in [0.3, 0.4) is 0 Å². The second-order valence-electron chi connectivity index (χ2n) is 4.63. The Hall–Kier alpha value is -1.93. The van der Waals surface area contributed by atoms with Crippen LogP contribution in [0.25, 0.3) is 11.0 Å². The zero-order chi connectivity index (χ0) is 12.0. The fourth-order valence-corrected chi connectivity index (χ4v) is 2.41. The molecule has 2 aromatic rings. The molecule has 1 aliphatic rings. The average molecular weight is 227 g/mol. The zero-order valence-corrected chi connectivity index (χ0v) is 9.90. The highest BCUT2D eigenvalue weighted by Crippen LogP contribution is 2.51. The molecule has 0 spiro atoms. The molecule has 0 bridgehead atoms. The number of aryl methyl sites for hydroxylation is 2. The monoisotopic (exact) mass is 227 g/mol. The molecule has 1 heterocycles. The van der Waals surface area contributed by atoms with Gasteiger partial charge in [0, 0.05) is 12.6 Å². The molecule has 0 saturated heterocycles. The highest BCUT2D eigenvalue weighted by atomic mass is 16.1. The first-order valence-corrected chi connectivity index (χ1v) is 5.69. The lowest BCUT2D eigenvalue weighted by Crippen LogP contribution is -2.05.